The number of carbonyl (C=O) groups is 1. The number of hydrogen-bond donors (Lipinski definition) is 0. The highest BCUT2D eigenvalue weighted by molar-refractivity contribution is 7.99. The molecule has 2 aromatic rings. The Balaban J connectivity index is 1.92. The average molecular weight is 404 g/mol. The van der Waals surface area contributed by atoms with Crippen molar-refractivity contribution in [1.82, 2.24) is 4.90 Å². The average Bonchev–Trinajstić information content (AvgIpc) is 2.74. The summed E-state index contributed by atoms with van der Waals surface area (Å²) in [5.41, 5.74) is 1.96. The molecule has 1 saturated heterocycles. The van der Waals surface area contributed by atoms with Crippen LogP contribution in [-0.2, 0) is 11.3 Å². The van der Waals surface area contributed by atoms with Gasteiger partial charge in [-0.1, -0.05) is 6.07 Å². The maximum Gasteiger partial charge on any atom is 0.224 e. The molecule has 0 N–H and O–H groups in total. The molecule has 0 spiro atoms. The van der Waals surface area contributed by atoms with E-state index in [1.165, 1.54) is 0 Å². The van der Waals surface area contributed by atoms with E-state index in [4.69, 9.17) is 18.9 Å². The molecule has 0 radical (unpaired) electrons. The van der Waals surface area contributed by atoms with E-state index in [1.807, 2.05) is 41.3 Å². The normalized spacial score (nSPS) is 16.6. The van der Waals surface area contributed by atoms with Crippen LogP contribution in [0.3, 0.4) is 0 Å². The van der Waals surface area contributed by atoms with Crippen molar-refractivity contribution < 1.29 is 23.7 Å². The number of carbonyl (C=O) groups excluding carboxylic acids is 1. The van der Waals surface area contributed by atoms with Crippen molar-refractivity contribution in [2.24, 2.45) is 0 Å². The van der Waals surface area contributed by atoms with Gasteiger partial charge in [0.05, 0.1) is 28.4 Å². The van der Waals surface area contributed by atoms with E-state index in [-0.39, 0.29) is 11.3 Å². The van der Waals surface area contributed by atoms with Crippen LogP contribution in [0.1, 0.15) is 22.9 Å². The van der Waals surface area contributed by atoms with Crippen molar-refractivity contribution in [2.75, 3.05) is 34.2 Å². The Bertz CT molecular complexity index is 819. The van der Waals surface area contributed by atoms with Crippen LogP contribution in [0, 0.1) is 0 Å². The standard InChI is InChI=1S/C21H25NO5S/c1-24-16-9-14(10-17(12-16)25-2)13-22-20(23)7-8-28-21(22)15-5-6-18(26-3)19(11-15)27-4/h5-6,9-12,21H,7-8,13H2,1-4H3. The monoisotopic (exact) mass is 403 g/mol. The molecule has 1 heterocycles. The molecule has 1 atom stereocenters. The molecule has 0 saturated carbocycles. The quantitative estimate of drug-likeness (QED) is 0.699. The molecule has 1 fully saturated rings. The zero-order valence-corrected chi connectivity index (χ0v) is 17.4. The van der Waals surface area contributed by atoms with E-state index in [1.54, 1.807) is 40.2 Å². The predicted molar refractivity (Wildman–Crippen MR) is 109 cm³/mol. The Labute approximate surface area is 169 Å². The minimum atomic E-state index is -0.0988. The zero-order chi connectivity index (χ0) is 20.1. The molecule has 0 aromatic heterocycles. The van der Waals surface area contributed by atoms with Crippen LogP contribution in [0.5, 0.6) is 23.0 Å². The van der Waals surface area contributed by atoms with Gasteiger partial charge >= 0.3 is 0 Å². The van der Waals surface area contributed by atoms with E-state index in [9.17, 15) is 4.79 Å². The maximum absolute atomic E-state index is 12.8. The van der Waals surface area contributed by atoms with Crippen LogP contribution in [-0.4, -0.2) is 45.0 Å². The van der Waals surface area contributed by atoms with Gasteiger partial charge in [-0.15, -0.1) is 11.8 Å². The lowest BCUT2D eigenvalue weighted by Crippen LogP contribution is -2.36. The summed E-state index contributed by atoms with van der Waals surface area (Å²) >= 11 is 1.75. The van der Waals surface area contributed by atoms with Crippen LogP contribution >= 0.6 is 11.8 Å². The number of ether oxygens (including phenoxy) is 4. The van der Waals surface area contributed by atoms with E-state index >= 15 is 0 Å². The summed E-state index contributed by atoms with van der Waals surface area (Å²) in [7, 11) is 6.46. The number of hydrogen-bond acceptors (Lipinski definition) is 6. The highest BCUT2D eigenvalue weighted by Crippen LogP contribution is 2.41. The van der Waals surface area contributed by atoms with Gasteiger partial charge in [0.25, 0.3) is 0 Å². The fraction of sp³-hybridized carbons (Fsp3) is 0.381. The molecule has 1 aliphatic heterocycles. The van der Waals surface area contributed by atoms with Crippen molar-refractivity contribution in [3.8, 4) is 23.0 Å². The summed E-state index contributed by atoms with van der Waals surface area (Å²) in [6, 6.07) is 11.5. The van der Waals surface area contributed by atoms with Gasteiger partial charge in [0.15, 0.2) is 11.5 Å². The highest BCUT2D eigenvalue weighted by Gasteiger charge is 2.30. The first-order chi connectivity index (χ1) is 13.6. The zero-order valence-electron chi connectivity index (χ0n) is 16.6. The second-order valence-corrected chi connectivity index (χ2v) is 7.52. The van der Waals surface area contributed by atoms with Crippen molar-refractivity contribution in [2.45, 2.75) is 18.3 Å². The first-order valence-electron chi connectivity index (χ1n) is 8.94. The summed E-state index contributed by atoms with van der Waals surface area (Å²) in [5, 5.41) is -0.0988. The number of rotatable bonds is 7. The maximum atomic E-state index is 12.8. The van der Waals surface area contributed by atoms with Crippen LogP contribution in [0.2, 0.25) is 0 Å². The summed E-state index contributed by atoms with van der Waals surface area (Å²) in [4.78, 5) is 14.7. The fourth-order valence-corrected chi connectivity index (χ4v) is 4.46. The Morgan fingerprint density at radius 3 is 2.21 bits per heavy atom. The minimum Gasteiger partial charge on any atom is -0.497 e. The first kappa shape index (κ1) is 20.2. The number of nitrogens with zero attached hydrogens (tertiary/aromatic N) is 1. The molecule has 150 valence electrons. The van der Waals surface area contributed by atoms with E-state index in [0.717, 1.165) is 16.9 Å². The highest BCUT2D eigenvalue weighted by atomic mass is 32.2. The van der Waals surface area contributed by atoms with Crippen molar-refractivity contribution in [1.29, 1.82) is 0 Å². The SMILES string of the molecule is COc1cc(CN2C(=O)CCSC2c2ccc(OC)c(OC)c2)cc(OC)c1. The Kier molecular flexibility index (Phi) is 6.57. The molecule has 7 heteroatoms. The Hall–Kier alpha value is -2.54. The van der Waals surface area contributed by atoms with Crippen molar-refractivity contribution >= 4 is 17.7 Å². The third-order valence-corrected chi connectivity index (χ3v) is 5.93. The van der Waals surface area contributed by atoms with Gasteiger partial charge in [0.2, 0.25) is 5.91 Å². The molecule has 0 aliphatic carbocycles. The molecule has 0 bridgehead atoms. The number of benzene rings is 2. The second kappa shape index (κ2) is 9.10. The third-order valence-electron chi connectivity index (χ3n) is 4.65. The second-order valence-electron chi connectivity index (χ2n) is 6.33. The van der Waals surface area contributed by atoms with E-state index in [2.05, 4.69) is 0 Å². The number of methoxy groups -OCH3 is 4. The van der Waals surface area contributed by atoms with Crippen LogP contribution in [0.4, 0.5) is 0 Å². The largest absolute Gasteiger partial charge is 0.497 e. The molecular weight excluding hydrogens is 378 g/mol. The molecule has 28 heavy (non-hydrogen) atoms. The third kappa shape index (κ3) is 4.30. The van der Waals surface area contributed by atoms with Gasteiger partial charge in [0.1, 0.15) is 16.9 Å². The van der Waals surface area contributed by atoms with E-state index in [0.29, 0.717) is 36.0 Å². The molecular formula is C21H25NO5S. The molecule has 1 aliphatic rings. The molecule has 2 aromatic carbocycles. The van der Waals surface area contributed by atoms with Crippen LogP contribution in [0.25, 0.3) is 0 Å². The predicted octanol–water partition coefficient (Wildman–Crippen LogP) is 3.89. The van der Waals surface area contributed by atoms with Crippen LogP contribution in [0.15, 0.2) is 36.4 Å². The van der Waals surface area contributed by atoms with Gasteiger partial charge in [-0.25, -0.2) is 0 Å². The summed E-state index contributed by atoms with van der Waals surface area (Å²) < 4.78 is 21.5. The molecule has 6 nitrogen and oxygen atoms in total. The lowest BCUT2D eigenvalue weighted by atomic mass is 10.1. The minimum absolute atomic E-state index is 0.0988. The lowest BCUT2D eigenvalue weighted by Gasteiger charge is -2.36. The summed E-state index contributed by atoms with van der Waals surface area (Å²) in [6.07, 6.45) is 0.523. The molecule has 1 unspecified atom stereocenters. The Morgan fingerprint density at radius 1 is 0.929 bits per heavy atom. The van der Waals surface area contributed by atoms with Gasteiger partial charge in [-0.2, -0.15) is 0 Å². The molecule has 3 rings (SSSR count). The summed E-state index contributed by atoms with van der Waals surface area (Å²) in [6.45, 7) is 0.471. The smallest absolute Gasteiger partial charge is 0.224 e. The van der Waals surface area contributed by atoms with Crippen LogP contribution < -0.4 is 18.9 Å². The van der Waals surface area contributed by atoms with Crippen molar-refractivity contribution in [3.05, 3.63) is 47.5 Å². The Morgan fingerprint density at radius 2 is 1.61 bits per heavy atom. The number of thioether (sulfide) groups is 1. The number of amides is 1. The fourth-order valence-electron chi connectivity index (χ4n) is 3.23. The van der Waals surface area contributed by atoms with Crippen molar-refractivity contribution in [3.63, 3.8) is 0 Å². The van der Waals surface area contributed by atoms with Gasteiger partial charge in [0, 0.05) is 24.8 Å². The van der Waals surface area contributed by atoms with Gasteiger partial charge in [-0.3, -0.25) is 4.79 Å². The lowest BCUT2D eigenvalue weighted by molar-refractivity contribution is -0.132. The van der Waals surface area contributed by atoms with Gasteiger partial charge < -0.3 is 23.8 Å². The van der Waals surface area contributed by atoms with E-state index < -0.39 is 0 Å². The first-order valence-corrected chi connectivity index (χ1v) is 9.99. The molecule has 1 amide bonds. The summed E-state index contributed by atoms with van der Waals surface area (Å²) in [5.74, 6) is 3.64. The topological polar surface area (TPSA) is 57.2 Å². The van der Waals surface area contributed by atoms with Gasteiger partial charge in [-0.05, 0) is 35.4 Å².